The van der Waals surface area contributed by atoms with E-state index in [-0.39, 0.29) is 0 Å². The molecule has 0 radical (unpaired) electrons. The van der Waals surface area contributed by atoms with Crippen LogP contribution in [0.1, 0.15) is 27.2 Å². The van der Waals surface area contributed by atoms with Crippen LogP contribution < -0.4 is 0 Å². The molecule has 0 bridgehead atoms. The van der Waals surface area contributed by atoms with Crippen LogP contribution in [0.5, 0.6) is 0 Å². The first kappa shape index (κ1) is 16.6. The fraction of sp³-hybridized carbons (Fsp3) is 0.692. The maximum absolute atomic E-state index is 5.77. The summed E-state index contributed by atoms with van der Waals surface area (Å²) in [4.78, 5) is 0. The molecule has 0 heterocycles. The van der Waals surface area contributed by atoms with Crippen molar-refractivity contribution in [3.05, 3.63) is 24.4 Å². The van der Waals surface area contributed by atoms with Gasteiger partial charge >= 0.3 is 8.56 Å². The van der Waals surface area contributed by atoms with Crippen molar-refractivity contribution >= 4 is 8.56 Å². The Morgan fingerprint density at radius 1 is 1.24 bits per heavy atom. The van der Waals surface area contributed by atoms with Gasteiger partial charge in [-0.05, 0) is 38.9 Å². The Labute approximate surface area is 107 Å². The molecule has 0 unspecified atom stereocenters. The Hall–Kier alpha value is -0.423. The summed E-state index contributed by atoms with van der Waals surface area (Å²) >= 11 is 0. The number of rotatable bonds is 11. The van der Waals surface area contributed by atoms with Crippen LogP contribution >= 0.6 is 0 Å². The van der Waals surface area contributed by atoms with Gasteiger partial charge in [0.1, 0.15) is 0 Å². The minimum atomic E-state index is -2.19. The van der Waals surface area contributed by atoms with Gasteiger partial charge in [0, 0.05) is 19.8 Å². The molecule has 0 aliphatic rings. The van der Waals surface area contributed by atoms with Gasteiger partial charge in [0.25, 0.3) is 0 Å². The van der Waals surface area contributed by atoms with Crippen LogP contribution in [0.15, 0.2) is 24.4 Å². The molecule has 0 amide bonds. The van der Waals surface area contributed by atoms with E-state index >= 15 is 0 Å². The van der Waals surface area contributed by atoms with Crippen molar-refractivity contribution in [1.29, 1.82) is 0 Å². The van der Waals surface area contributed by atoms with Gasteiger partial charge in [-0.25, -0.2) is 0 Å². The van der Waals surface area contributed by atoms with Gasteiger partial charge in [-0.15, -0.1) is 6.58 Å². The molecule has 0 spiro atoms. The van der Waals surface area contributed by atoms with Gasteiger partial charge in [0.2, 0.25) is 0 Å². The number of hydrogen-bond donors (Lipinski definition) is 0. The van der Waals surface area contributed by atoms with Gasteiger partial charge in [-0.2, -0.15) is 0 Å². The van der Waals surface area contributed by atoms with E-state index in [4.69, 9.17) is 13.6 Å². The second-order valence-corrected chi connectivity index (χ2v) is 7.10. The maximum atomic E-state index is 5.77. The summed E-state index contributed by atoms with van der Waals surface area (Å²) in [5.41, 5.74) is 2.92. The van der Waals surface area contributed by atoms with E-state index < -0.39 is 8.56 Å². The van der Waals surface area contributed by atoms with Crippen LogP contribution in [-0.4, -0.2) is 35.0 Å². The quantitative estimate of drug-likeness (QED) is 0.323. The average molecular weight is 258 g/mol. The Bertz CT molecular complexity index is 223. The zero-order valence-corrected chi connectivity index (χ0v) is 12.5. The monoisotopic (exact) mass is 258 g/mol. The van der Waals surface area contributed by atoms with Gasteiger partial charge in [0.15, 0.2) is 0 Å². The van der Waals surface area contributed by atoms with Crippen LogP contribution in [0.3, 0.4) is 0 Å². The first-order chi connectivity index (χ1) is 8.10. The van der Waals surface area contributed by atoms with E-state index in [9.17, 15) is 0 Å². The molecular formula is C13H26O3Si. The molecule has 0 saturated heterocycles. The third-order valence-electron chi connectivity index (χ3n) is 2.25. The summed E-state index contributed by atoms with van der Waals surface area (Å²) in [5, 5.41) is 0. The Kier molecular flexibility index (Phi) is 9.35. The smallest absolute Gasteiger partial charge is 0.364 e. The first-order valence-electron chi connectivity index (χ1n) is 6.23. The molecule has 3 nitrogen and oxygen atoms in total. The highest BCUT2D eigenvalue weighted by atomic mass is 28.4. The third kappa shape index (κ3) is 7.49. The minimum absolute atomic E-state index is 0.631. The Morgan fingerprint density at radius 3 is 2.24 bits per heavy atom. The molecule has 0 aromatic rings. The average Bonchev–Trinajstić information content (AvgIpc) is 2.28. The first-order valence-corrected chi connectivity index (χ1v) is 8.34. The molecule has 4 heteroatoms. The van der Waals surface area contributed by atoms with Crippen LogP contribution in [0.25, 0.3) is 0 Å². The number of hydrogen-bond acceptors (Lipinski definition) is 3. The lowest BCUT2D eigenvalue weighted by molar-refractivity contribution is 0.149. The van der Waals surface area contributed by atoms with Crippen molar-refractivity contribution < 1.29 is 13.6 Å². The van der Waals surface area contributed by atoms with E-state index in [2.05, 4.69) is 13.2 Å². The lowest BCUT2D eigenvalue weighted by Gasteiger charge is -2.26. The summed E-state index contributed by atoms with van der Waals surface area (Å²) in [6.45, 7) is 16.3. The molecule has 0 N–H and O–H groups in total. The van der Waals surface area contributed by atoms with E-state index in [0.717, 1.165) is 24.6 Å². The number of ether oxygens (including phenoxy) is 1. The predicted molar refractivity (Wildman–Crippen MR) is 74.3 cm³/mol. The summed E-state index contributed by atoms with van der Waals surface area (Å²) in [5.74, 6) is 0. The molecule has 0 aromatic heterocycles. The highest BCUT2D eigenvalue weighted by molar-refractivity contribution is 6.72. The molecule has 0 saturated carbocycles. The molecular weight excluding hydrogens is 232 g/mol. The van der Waals surface area contributed by atoms with Gasteiger partial charge < -0.3 is 13.6 Å². The fourth-order valence-electron chi connectivity index (χ4n) is 1.56. The van der Waals surface area contributed by atoms with E-state index in [1.54, 1.807) is 0 Å². The highest BCUT2D eigenvalue weighted by Crippen LogP contribution is 2.17. The second-order valence-electron chi connectivity index (χ2n) is 4.00. The molecule has 17 heavy (non-hydrogen) atoms. The molecule has 0 atom stereocenters. The zero-order valence-electron chi connectivity index (χ0n) is 11.5. The molecule has 0 aromatic carbocycles. The van der Waals surface area contributed by atoms with Crippen molar-refractivity contribution in [3.63, 3.8) is 0 Å². The van der Waals surface area contributed by atoms with E-state index in [1.807, 2.05) is 26.5 Å². The topological polar surface area (TPSA) is 27.7 Å². The molecule has 0 aliphatic carbocycles. The van der Waals surface area contributed by atoms with Crippen LogP contribution in [-0.2, 0) is 13.6 Å². The van der Waals surface area contributed by atoms with Gasteiger partial charge in [0.05, 0.1) is 6.61 Å². The van der Waals surface area contributed by atoms with Crippen LogP contribution in [0.4, 0.5) is 0 Å². The SMILES string of the molecule is C=C[Si](CCCOCC(=C)C)(OCC)OCC. The van der Waals surface area contributed by atoms with Crippen molar-refractivity contribution in [3.8, 4) is 0 Å². The molecule has 0 fully saturated rings. The lowest BCUT2D eigenvalue weighted by Crippen LogP contribution is -2.40. The fourth-order valence-corrected chi connectivity index (χ4v) is 3.99. The predicted octanol–water partition coefficient (Wildman–Crippen LogP) is 3.21. The Morgan fingerprint density at radius 2 is 1.82 bits per heavy atom. The van der Waals surface area contributed by atoms with Crippen molar-refractivity contribution in [2.45, 2.75) is 33.2 Å². The van der Waals surface area contributed by atoms with Crippen LogP contribution in [0, 0.1) is 0 Å². The van der Waals surface area contributed by atoms with Crippen molar-refractivity contribution in [2.75, 3.05) is 26.4 Å². The standard InChI is InChI=1S/C13H26O3Si/c1-6-15-17(8-3,16-7-2)11-9-10-14-12-13(4)5/h8H,3-4,6-7,9-12H2,1-2,5H3. The second kappa shape index (κ2) is 9.59. The third-order valence-corrected chi connectivity index (χ3v) is 5.48. The highest BCUT2D eigenvalue weighted by Gasteiger charge is 2.32. The summed E-state index contributed by atoms with van der Waals surface area (Å²) in [7, 11) is -2.19. The molecule has 0 aliphatic heterocycles. The van der Waals surface area contributed by atoms with Gasteiger partial charge in [-0.3, -0.25) is 0 Å². The van der Waals surface area contributed by atoms with Crippen molar-refractivity contribution in [1.82, 2.24) is 0 Å². The largest absolute Gasteiger partial charge is 0.392 e. The van der Waals surface area contributed by atoms with E-state index in [1.165, 1.54) is 0 Å². The van der Waals surface area contributed by atoms with Gasteiger partial charge in [-0.1, -0.05) is 12.2 Å². The zero-order chi connectivity index (χ0) is 13.1. The summed E-state index contributed by atoms with van der Waals surface area (Å²) in [6.07, 6.45) is 0.936. The Balaban J connectivity index is 3.98. The lowest BCUT2D eigenvalue weighted by atomic mass is 10.4. The summed E-state index contributed by atoms with van der Waals surface area (Å²) in [6, 6.07) is 0.897. The molecule has 0 rings (SSSR count). The molecule has 100 valence electrons. The minimum Gasteiger partial charge on any atom is -0.392 e. The van der Waals surface area contributed by atoms with Crippen LogP contribution in [0.2, 0.25) is 6.04 Å². The summed E-state index contributed by atoms with van der Waals surface area (Å²) < 4.78 is 17.0. The normalized spacial score (nSPS) is 11.5. The maximum Gasteiger partial charge on any atom is 0.364 e. The van der Waals surface area contributed by atoms with E-state index in [0.29, 0.717) is 19.8 Å². The van der Waals surface area contributed by atoms with Crippen molar-refractivity contribution in [2.24, 2.45) is 0 Å².